The maximum atomic E-state index is 11.8. The quantitative estimate of drug-likeness (QED) is 0.201. The van der Waals surface area contributed by atoms with E-state index in [0.29, 0.717) is 25.1 Å². The molecule has 0 spiro atoms. The van der Waals surface area contributed by atoms with Crippen molar-refractivity contribution in [1.82, 2.24) is 5.32 Å². The number of carbonyl (C=O) groups excluding carboxylic acids is 2. The number of alkyl carbamates (subject to hydrolysis) is 1. The first-order chi connectivity index (χ1) is 14.2. The Bertz CT molecular complexity index is 729. The number of ether oxygens (including phenoxy) is 2. The number of phosphoric acid groups is 1. The molecule has 1 rings (SSSR count). The molecular weight excluding hydrogens is 413 g/mol. The molecule has 9 nitrogen and oxygen atoms in total. The lowest BCUT2D eigenvalue weighted by atomic mass is 10.1. The van der Waals surface area contributed by atoms with E-state index in [0.717, 1.165) is 43.1 Å². The van der Waals surface area contributed by atoms with Gasteiger partial charge in [0.05, 0.1) is 6.61 Å². The third kappa shape index (κ3) is 10.2. The number of hydrogen-bond donors (Lipinski definition) is 2. The van der Waals surface area contributed by atoms with Crippen LogP contribution in [0.25, 0.3) is 0 Å². The molecule has 1 atom stereocenters. The Kier molecular flexibility index (Phi) is 11.7. The summed E-state index contributed by atoms with van der Waals surface area (Å²) in [6.07, 6.45) is 2.82. The van der Waals surface area contributed by atoms with Gasteiger partial charge in [-0.15, -0.1) is 0 Å². The maximum absolute atomic E-state index is 11.8. The lowest BCUT2D eigenvalue weighted by Gasteiger charge is -2.13. The minimum Gasteiger partial charge on any atom is -0.445 e. The first kappa shape index (κ1) is 26.1. The fraction of sp³-hybridized carbons (Fsp3) is 0.600. The summed E-state index contributed by atoms with van der Waals surface area (Å²) in [6, 6.07) is 3.66. The molecule has 0 bridgehead atoms. The van der Waals surface area contributed by atoms with Crippen molar-refractivity contribution in [3.8, 4) is 5.75 Å². The smallest absolute Gasteiger partial charge is 0.445 e. The van der Waals surface area contributed by atoms with Crippen molar-refractivity contribution < 1.29 is 37.6 Å². The standard InChI is InChI=1S/C20H32NO8P/c1-5-18(22)29-19-15(2)12-17(13-16(19)3)14-27-20(23)21-10-8-6-7-9-11-28-30(24,25)26-4/h12-13H,5-11,14H2,1-4H3,(H,21,23)(H,24,25). The van der Waals surface area contributed by atoms with E-state index in [9.17, 15) is 14.2 Å². The summed E-state index contributed by atoms with van der Waals surface area (Å²) in [4.78, 5) is 32.4. The fourth-order valence-electron chi connectivity index (χ4n) is 2.67. The first-order valence-corrected chi connectivity index (χ1v) is 11.4. The molecule has 1 aromatic rings. The second-order valence-electron chi connectivity index (χ2n) is 6.79. The van der Waals surface area contributed by atoms with Crippen LogP contribution in [0, 0.1) is 13.8 Å². The SMILES string of the molecule is CCC(=O)Oc1c(C)cc(COC(=O)NCCCCCCOP(=O)(O)OC)cc1C. The van der Waals surface area contributed by atoms with Crippen molar-refractivity contribution in [3.63, 3.8) is 0 Å². The van der Waals surface area contributed by atoms with Crippen molar-refractivity contribution in [3.05, 3.63) is 28.8 Å². The number of benzene rings is 1. The average molecular weight is 445 g/mol. The van der Waals surface area contributed by atoms with Crippen molar-refractivity contribution in [2.45, 2.75) is 59.5 Å². The summed E-state index contributed by atoms with van der Waals surface area (Å²) < 4.78 is 30.7. The number of nitrogens with one attached hydrogen (secondary N) is 1. The van der Waals surface area contributed by atoms with Crippen LogP contribution in [0.5, 0.6) is 5.75 Å². The van der Waals surface area contributed by atoms with Crippen molar-refractivity contribution >= 4 is 19.9 Å². The van der Waals surface area contributed by atoms with Gasteiger partial charge in [-0.3, -0.25) is 13.8 Å². The summed E-state index contributed by atoms with van der Waals surface area (Å²) in [5.41, 5.74) is 2.43. The van der Waals surface area contributed by atoms with Gasteiger partial charge in [0.1, 0.15) is 12.4 Å². The van der Waals surface area contributed by atoms with Crippen LogP contribution in [0.1, 0.15) is 55.7 Å². The van der Waals surface area contributed by atoms with Crippen LogP contribution in [-0.4, -0.2) is 37.2 Å². The number of esters is 1. The van der Waals surface area contributed by atoms with Gasteiger partial charge in [0.15, 0.2) is 0 Å². The molecular formula is C20H32NO8P. The average Bonchev–Trinajstić information content (AvgIpc) is 2.70. The van der Waals surface area contributed by atoms with E-state index in [1.807, 2.05) is 26.0 Å². The largest absolute Gasteiger partial charge is 0.471 e. The van der Waals surface area contributed by atoms with Crippen molar-refractivity contribution in [2.75, 3.05) is 20.3 Å². The number of amides is 1. The van der Waals surface area contributed by atoms with E-state index in [1.165, 1.54) is 0 Å². The van der Waals surface area contributed by atoms with Crippen molar-refractivity contribution in [2.24, 2.45) is 0 Å². The monoisotopic (exact) mass is 445 g/mol. The van der Waals surface area contributed by atoms with Gasteiger partial charge >= 0.3 is 19.9 Å². The van der Waals surface area contributed by atoms with E-state index in [4.69, 9.17) is 18.9 Å². The summed E-state index contributed by atoms with van der Waals surface area (Å²) in [7, 11) is -2.78. The van der Waals surface area contributed by atoms with Crippen LogP contribution in [0.4, 0.5) is 4.79 Å². The van der Waals surface area contributed by atoms with E-state index < -0.39 is 13.9 Å². The number of aryl methyl sites for hydroxylation is 2. The second kappa shape index (κ2) is 13.4. The van der Waals surface area contributed by atoms with E-state index >= 15 is 0 Å². The van der Waals surface area contributed by atoms with Crippen LogP contribution in [-0.2, 0) is 29.8 Å². The Morgan fingerprint density at radius 2 is 1.73 bits per heavy atom. The highest BCUT2D eigenvalue weighted by Gasteiger charge is 2.17. The zero-order valence-corrected chi connectivity index (χ0v) is 19.0. The molecule has 0 saturated carbocycles. The topological polar surface area (TPSA) is 120 Å². The van der Waals surface area contributed by atoms with Crippen molar-refractivity contribution in [1.29, 1.82) is 0 Å². The number of unbranched alkanes of at least 4 members (excludes halogenated alkanes) is 3. The molecule has 0 saturated heterocycles. The van der Waals surface area contributed by atoms with Crippen LogP contribution >= 0.6 is 7.82 Å². The Balaban J connectivity index is 2.24. The summed E-state index contributed by atoms with van der Waals surface area (Å²) in [6.45, 7) is 6.16. The van der Waals surface area contributed by atoms with Gasteiger partial charge in [0.2, 0.25) is 0 Å². The Hall–Kier alpha value is -1.93. The maximum Gasteiger partial charge on any atom is 0.471 e. The highest BCUT2D eigenvalue weighted by molar-refractivity contribution is 7.47. The number of rotatable bonds is 13. The predicted molar refractivity (Wildman–Crippen MR) is 111 cm³/mol. The minimum atomic E-state index is -3.89. The highest BCUT2D eigenvalue weighted by Crippen LogP contribution is 2.41. The molecule has 1 unspecified atom stereocenters. The number of phosphoric ester groups is 1. The summed E-state index contributed by atoms with van der Waals surface area (Å²) >= 11 is 0. The second-order valence-corrected chi connectivity index (χ2v) is 8.35. The molecule has 0 aliphatic carbocycles. The molecule has 0 aromatic heterocycles. The fourth-order valence-corrected chi connectivity index (χ4v) is 3.14. The predicted octanol–water partition coefficient (Wildman–Crippen LogP) is 4.17. The van der Waals surface area contributed by atoms with Gasteiger partial charge in [-0.05, 0) is 55.5 Å². The van der Waals surface area contributed by atoms with Gasteiger partial charge in [0, 0.05) is 20.1 Å². The van der Waals surface area contributed by atoms with E-state index in [-0.39, 0.29) is 19.2 Å². The lowest BCUT2D eigenvalue weighted by molar-refractivity contribution is -0.134. The third-order valence-electron chi connectivity index (χ3n) is 4.22. The Labute approximate surface area is 177 Å². The van der Waals surface area contributed by atoms with Gasteiger partial charge in [0.25, 0.3) is 0 Å². The normalized spacial score (nSPS) is 12.8. The van der Waals surface area contributed by atoms with Crippen LogP contribution in [0.15, 0.2) is 12.1 Å². The molecule has 2 N–H and O–H groups in total. The molecule has 1 aromatic carbocycles. The zero-order chi connectivity index (χ0) is 22.6. The molecule has 1 amide bonds. The molecule has 30 heavy (non-hydrogen) atoms. The van der Waals surface area contributed by atoms with Crippen LogP contribution in [0.3, 0.4) is 0 Å². The van der Waals surface area contributed by atoms with Gasteiger partial charge in [-0.25, -0.2) is 9.36 Å². The zero-order valence-electron chi connectivity index (χ0n) is 18.1. The molecule has 170 valence electrons. The molecule has 0 aliphatic rings. The minimum absolute atomic E-state index is 0.119. The van der Waals surface area contributed by atoms with Crippen LogP contribution in [0.2, 0.25) is 0 Å². The molecule has 0 radical (unpaired) electrons. The lowest BCUT2D eigenvalue weighted by Crippen LogP contribution is -2.25. The van der Waals surface area contributed by atoms with Gasteiger partial charge < -0.3 is 19.7 Å². The van der Waals surface area contributed by atoms with Gasteiger partial charge in [-0.1, -0.05) is 19.8 Å². The first-order valence-electron chi connectivity index (χ1n) is 9.93. The van der Waals surface area contributed by atoms with Crippen LogP contribution < -0.4 is 10.1 Å². The summed E-state index contributed by atoms with van der Waals surface area (Å²) in [5, 5.41) is 2.69. The molecule has 10 heteroatoms. The molecule has 0 fully saturated rings. The Morgan fingerprint density at radius 3 is 2.33 bits per heavy atom. The molecule has 0 heterocycles. The van der Waals surface area contributed by atoms with Gasteiger partial charge in [-0.2, -0.15) is 0 Å². The number of hydrogen-bond acceptors (Lipinski definition) is 7. The Morgan fingerprint density at radius 1 is 1.10 bits per heavy atom. The third-order valence-corrected chi connectivity index (χ3v) is 5.19. The van der Waals surface area contributed by atoms with E-state index in [2.05, 4.69) is 9.84 Å². The van der Waals surface area contributed by atoms with E-state index in [1.54, 1.807) is 6.92 Å². The molecule has 0 aliphatic heterocycles. The highest BCUT2D eigenvalue weighted by atomic mass is 31.2. The number of carbonyl (C=O) groups is 2. The summed E-state index contributed by atoms with van der Waals surface area (Å²) in [5.74, 6) is 0.255.